The van der Waals surface area contributed by atoms with E-state index in [0.29, 0.717) is 5.56 Å². The molecule has 0 aliphatic carbocycles. The summed E-state index contributed by atoms with van der Waals surface area (Å²) in [7, 11) is 0. The summed E-state index contributed by atoms with van der Waals surface area (Å²) < 4.78 is 12.8. The van der Waals surface area contributed by atoms with Crippen LogP contribution in [-0.4, -0.2) is 23.9 Å². The molecule has 8 heteroatoms. The van der Waals surface area contributed by atoms with Crippen LogP contribution in [0.2, 0.25) is 5.02 Å². The lowest BCUT2D eigenvalue weighted by atomic mass is 10.2. The number of carbonyl (C=O) groups excluding carboxylic acids is 1. The number of anilines is 1. The predicted molar refractivity (Wildman–Crippen MR) is 85.3 cm³/mol. The molecule has 0 spiro atoms. The topological polar surface area (TPSA) is 84.3 Å². The lowest BCUT2D eigenvalue weighted by molar-refractivity contribution is -0.383. The number of carbonyl (C=O) groups is 1. The van der Waals surface area contributed by atoms with Crippen LogP contribution in [0.3, 0.4) is 0 Å². The summed E-state index contributed by atoms with van der Waals surface area (Å²) in [5, 5.41) is 16.6. The normalized spacial score (nSPS) is 10.2. The van der Waals surface area contributed by atoms with Crippen LogP contribution in [0.5, 0.6) is 0 Å². The number of amides is 1. The molecule has 0 unspecified atom stereocenters. The highest BCUT2D eigenvalue weighted by Crippen LogP contribution is 2.31. The molecule has 2 aromatic carbocycles. The van der Waals surface area contributed by atoms with E-state index in [1.165, 1.54) is 42.5 Å². The number of nitro groups is 1. The Morgan fingerprint density at radius 3 is 2.52 bits per heavy atom. The third-order valence-electron chi connectivity index (χ3n) is 3.01. The monoisotopic (exact) mass is 337 g/mol. The highest BCUT2D eigenvalue weighted by atomic mass is 35.5. The van der Waals surface area contributed by atoms with Gasteiger partial charge in [0.15, 0.2) is 0 Å². The Kier molecular flexibility index (Phi) is 5.48. The molecule has 0 heterocycles. The van der Waals surface area contributed by atoms with Gasteiger partial charge in [0, 0.05) is 24.7 Å². The maximum absolute atomic E-state index is 12.8. The van der Waals surface area contributed by atoms with Gasteiger partial charge in [0.2, 0.25) is 0 Å². The number of nitro benzene ring substituents is 1. The van der Waals surface area contributed by atoms with Gasteiger partial charge in [-0.2, -0.15) is 0 Å². The molecule has 0 radical (unpaired) electrons. The standard InChI is InChI=1S/C15H13ClFN3O3/c16-12-2-1-3-13(20(22)23)14(12)18-8-9-19-15(21)10-4-6-11(17)7-5-10/h1-7,18H,8-9H2,(H,19,21). The Hall–Kier alpha value is -2.67. The quantitative estimate of drug-likeness (QED) is 0.481. The first-order valence-electron chi connectivity index (χ1n) is 6.69. The van der Waals surface area contributed by atoms with E-state index in [2.05, 4.69) is 10.6 Å². The predicted octanol–water partition coefficient (Wildman–Crippen LogP) is 3.23. The summed E-state index contributed by atoms with van der Waals surface area (Å²) in [4.78, 5) is 22.2. The van der Waals surface area contributed by atoms with Crippen LogP contribution in [0, 0.1) is 15.9 Å². The third-order valence-corrected chi connectivity index (χ3v) is 3.32. The van der Waals surface area contributed by atoms with E-state index in [1.54, 1.807) is 0 Å². The summed E-state index contributed by atoms with van der Waals surface area (Å²) >= 11 is 5.94. The van der Waals surface area contributed by atoms with Gasteiger partial charge in [-0.05, 0) is 30.3 Å². The van der Waals surface area contributed by atoms with Crippen LogP contribution >= 0.6 is 11.6 Å². The number of halogens is 2. The molecule has 0 atom stereocenters. The summed E-state index contributed by atoms with van der Waals surface area (Å²) in [6.45, 7) is 0.468. The summed E-state index contributed by atoms with van der Waals surface area (Å²) in [5.41, 5.74) is 0.396. The van der Waals surface area contributed by atoms with Gasteiger partial charge in [0.05, 0.1) is 9.95 Å². The van der Waals surface area contributed by atoms with E-state index in [9.17, 15) is 19.3 Å². The van der Waals surface area contributed by atoms with Crippen LogP contribution in [-0.2, 0) is 0 Å². The molecule has 2 rings (SSSR count). The Bertz CT molecular complexity index is 722. The summed E-state index contributed by atoms with van der Waals surface area (Å²) in [6, 6.07) is 9.50. The first-order valence-corrected chi connectivity index (χ1v) is 7.07. The van der Waals surface area contributed by atoms with Crippen molar-refractivity contribution in [3.63, 3.8) is 0 Å². The van der Waals surface area contributed by atoms with Crippen LogP contribution < -0.4 is 10.6 Å². The van der Waals surface area contributed by atoms with E-state index >= 15 is 0 Å². The fourth-order valence-corrected chi connectivity index (χ4v) is 2.14. The Labute approximate surface area is 136 Å². The van der Waals surface area contributed by atoms with Crippen molar-refractivity contribution < 1.29 is 14.1 Å². The first kappa shape index (κ1) is 16.7. The number of nitrogens with zero attached hydrogens (tertiary/aromatic N) is 1. The fourth-order valence-electron chi connectivity index (χ4n) is 1.91. The number of nitrogens with one attached hydrogen (secondary N) is 2. The highest BCUT2D eigenvalue weighted by molar-refractivity contribution is 6.33. The van der Waals surface area contributed by atoms with Gasteiger partial charge in [0.1, 0.15) is 11.5 Å². The van der Waals surface area contributed by atoms with Crippen LogP contribution in [0.15, 0.2) is 42.5 Å². The molecule has 2 N–H and O–H groups in total. The molecule has 0 aliphatic heterocycles. The van der Waals surface area contributed by atoms with Crippen molar-refractivity contribution in [2.24, 2.45) is 0 Å². The average Bonchev–Trinajstić information content (AvgIpc) is 2.52. The zero-order valence-corrected chi connectivity index (χ0v) is 12.6. The minimum Gasteiger partial charge on any atom is -0.376 e. The van der Waals surface area contributed by atoms with E-state index in [4.69, 9.17) is 11.6 Å². The van der Waals surface area contributed by atoms with Crippen LogP contribution in [0.1, 0.15) is 10.4 Å². The van der Waals surface area contributed by atoms with Gasteiger partial charge >= 0.3 is 0 Å². The minimum atomic E-state index is -0.536. The van der Waals surface area contributed by atoms with Gasteiger partial charge < -0.3 is 10.6 Å². The van der Waals surface area contributed by atoms with Gasteiger partial charge in [-0.3, -0.25) is 14.9 Å². The molecule has 6 nitrogen and oxygen atoms in total. The fraction of sp³-hybridized carbons (Fsp3) is 0.133. The maximum atomic E-state index is 12.8. The molecule has 0 aromatic heterocycles. The highest BCUT2D eigenvalue weighted by Gasteiger charge is 2.16. The SMILES string of the molecule is O=C(NCCNc1c(Cl)cccc1[N+](=O)[O-])c1ccc(F)cc1. The Balaban J connectivity index is 1.90. The van der Waals surface area contributed by atoms with Crippen molar-refractivity contribution in [2.45, 2.75) is 0 Å². The second-order valence-corrected chi connectivity index (χ2v) is 4.99. The van der Waals surface area contributed by atoms with Gasteiger partial charge in [0.25, 0.3) is 11.6 Å². The smallest absolute Gasteiger partial charge is 0.293 e. The minimum absolute atomic E-state index is 0.137. The molecule has 1 amide bonds. The largest absolute Gasteiger partial charge is 0.376 e. The molecular formula is C15H13ClFN3O3. The zero-order chi connectivity index (χ0) is 16.8. The molecule has 0 aliphatic rings. The van der Waals surface area contributed by atoms with Crippen molar-refractivity contribution in [1.29, 1.82) is 0 Å². The van der Waals surface area contributed by atoms with E-state index in [-0.39, 0.29) is 35.4 Å². The summed E-state index contributed by atoms with van der Waals surface area (Å²) in [5.74, 6) is -0.783. The number of para-hydroxylation sites is 1. The maximum Gasteiger partial charge on any atom is 0.293 e. The van der Waals surface area contributed by atoms with E-state index in [0.717, 1.165) is 0 Å². The molecule has 120 valence electrons. The number of hydrogen-bond donors (Lipinski definition) is 2. The summed E-state index contributed by atoms with van der Waals surface area (Å²) in [6.07, 6.45) is 0. The molecule has 0 bridgehead atoms. The molecule has 0 saturated heterocycles. The molecule has 23 heavy (non-hydrogen) atoms. The van der Waals surface area contributed by atoms with Gasteiger partial charge in [-0.25, -0.2) is 4.39 Å². The van der Waals surface area contributed by atoms with E-state index in [1.807, 2.05) is 0 Å². The number of hydrogen-bond acceptors (Lipinski definition) is 4. The van der Waals surface area contributed by atoms with E-state index < -0.39 is 10.7 Å². The number of benzene rings is 2. The third kappa shape index (κ3) is 4.40. The van der Waals surface area contributed by atoms with Gasteiger partial charge in [-0.1, -0.05) is 17.7 Å². The van der Waals surface area contributed by atoms with Gasteiger partial charge in [-0.15, -0.1) is 0 Å². The average molecular weight is 338 g/mol. The number of rotatable bonds is 6. The molecule has 0 saturated carbocycles. The Morgan fingerprint density at radius 1 is 1.17 bits per heavy atom. The second kappa shape index (κ2) is 7.55. The first-order chi connectivity index (χ1) is 11.0. The molecular weight excluding hydrogens is 325 g/mol. The molecule has 0 fully saturated rings. The zero-order valence-electron chi connectivity index (χ0n) is 11.9. The second-order valence-electron chi connectivity index (χ2n) is 4.58. The van der Waals surface area contributed by atoms with Crippen molar-refractivity contribution in [1.82, 2.24) is 5.32 Å². The van der Waals surface area contributed by atoms with Crippen molar-refractivity contribution in [3.05, 3.63) is 69.0 Å². The molecule has 2 aromatic rings. The van der Waals surface area contributed by atoms with Crippen molar-refractivity contribution >= 4 is 28.9 Å². The lowest BCUT2D eigenvalue weighted by Gasteiger charge is -2.10. The van der Waals surface area contributed by atoms with Crippen molar-refractivity contribution in [3.8, 4) is 0 Å². The van der Waals surface area contributed by atoms with Crippen LogP contribution in [0.25, 0.3) is 0 Å². The lowest BCUT2D eigenvalue weighted by Crippen LogP contribution is -2.28. The van der Waals surface area contributed by atoms with Crippen LogP contribution in [0.4, 0.5) is 15.8 Å². The Morgan fingerprint density at radius 2 is 1.87 bits per heavy atom. The van der Waals surface area contributed by atoms with Crippen molar-refractivity contribution in [2.75, 3.05) is 18.4 Å².